The fraction of sp³-hybridized carbons (Fsp3) is 0.389. The molecule has 2 unspecified atom stereocenters. The number of hydrogen-bond donors (Lipinski definition) is 2. The van der Waals surface area contributed by atoms with Crippen molar-refractivity contribution in [3.8, 4) is 5.75 Å². The first-order chi connectivity index (χ1) is 23.4. The summed E-state index contributed by atoms with van der Waals surface area (Å²) >= 11 is 0. The van der Waals surface area contributed by atoms with Gasteiger partial charge in [-0.25, -0.2) is 18.8 Å². The van der Waals surface area contributed by atoms with Crippen LogP contribution in [0, 0.1) is 11.7 Å². The van der Waals surface area contributed by atoms with E-state index >= 15 is 0 Å². The van der Waals surface area contributed by atoms with Gasteiger partial charge >= 0.3 is 6.03 Å². The van der Waals surface area contributed by atoms with Crippen LogP contribution >= 0.6 is 0 Å². The van der Waals surface area contributed by atoms with Gasteiger partial charge in [-0.1, -0.05) is 12.1 Å². The zero-order chi connectivity index (χ0) is 33.2. The van der Waals surface area contributed by atoms with Crippen LogP contribution in [0.5, 0.6) is 5.75 Å². The van der Waals surface area contributed by atoms with Crippen LogP contribution in [0.1, 0.15) is 44.5 Å². The summed E-state index contributed by atoms with van der Waals surface area (Å²) in [6.07, 6.45) is 4.17. The second kappa shape index (κ2) is 13.6. The molecule has 4 aromatic rings. The van der Waals surface area contributed by atoms with Crippen molar-refractivity contribution in [3.05, 3.63) is 94.8 Å². The fourth-order valence-corrected chi connectivity index (χ4v) is 6.47. The molecule has 48 heavy (non-hydrogen) atoms. The smallest absolute Gasteiger partial charge is 0.326 e. The normalized spacial score (nSPS) is 18.5. The number of fused-ring (bicyclic) bond motifs is 1. The number of hydrogen-bond acceptors (Lipinski definition) is 7. The highest BCUT2D eigenvalue weighted by Crippen LogP contribution is 2.32. The van der Waals surface area contributed by atoms with Crippen molar-refractivity contribution >= 4 is 34.2 Å². The van der Waals surface area contributed by atoms with Gasteiger partial charge in [-0.15, -0.1) is 0 Å². The number of ether oxygens (including phenoxy) is 1. The summed E-state index contributed by atoms with van der Waals surface area (Å²) < 4.78 is 21.2. The molecule has 3 aromatic carbocycles. The van der Waals surface area contributed by atoms with Gasteiger partial charge in [0.15, 0.2) is 5.82 Å². The predicted molar refractivity (Wildman–Crippen MR) is 183 cm³/mol. The maximum Gasteiger partial charge on any atom is 0.326 e. The Morgan fingerprint density at radius 2 is 1.73 bits per heavy atom. The Morgan fingerprint density at radius 1 is 1.00 bits per heavy atom. The van der Waals surface area contributed by atoms with E-state index in [-0.39, 0.29) is 17.5 Å². The van der Waals surface area contributed by atoms with Crippen LogP contribution in [-0.4, -0.2) is 71.9 Å². The number of piperazine rings is 1. The lowest BCUT2D eigenvalue weighted by molar-refractivity contribution is -0.133. The molecule has 250 valence electrons. The van der Waals surface area contributed by atoms with Crippen molar-refractivity contribution in [2.75, 3.05) is 54.6 Å². The molecule has 7 rings (SSSR count). The topological polar surface area (TPSA) is 112 Å². The van der Waals surface area contributed by atoms with E-state index < -0.39 is 17.9 Å². The average Bonchev–Trinajstić information content (AvgIpc) is 3.78. The van der Waals surface area contributed by atoms with Crippen molar-refractivity contribution in [1.29, 1.82) is 0 Å². The SMILES string of the molecule is CC(c1nc2ccccc2c(=O)n1N1CCN(C(=O)C2CCCN2)CC1)N(C(=O)Nc1ccc(F)cc1)c1ccc(OCC2CC2)cc1. The number of nitrogens with zero attached hydrogens (tertiary/aromatic N) is 5. The Bertz CT molecular complexity index is 1830. The summed E-state index contributed by atoms with van der Waals surface area (Å²) in [5.74, 6) is 1.36. The molecule has 2 saturated heterocycles. The van der Waals surface area contributed by atoms with Gasteiger partial charge in [0, 0.05) is 24.5 Å². The lowest BCUT2D eigenvalue weighted by Crippen LogP contribution is -2.58. The lowest BCUT2D eigenvalue weighted by atomic mass is 10.1. The van der Waals surface area contributed by atoms with Crippen molar-refractivity contribution in [3.63, 3.8) is 0 Å². The third kappa shape index (κ3) is 6.70. The van der Waals surface area contributed by atoms with Crippen molar-refractivity contribution in [2.24, 2.45) is 5.92 Å². The highest BCUT2D eigenvalue weighted by Gasteiger charge is 2.33. The molecule has 12 heteroatoms. The first-order valence-corrected chi connectivity index (χ1v) is 16.7. The van der Waals surface area contributed by atoms with Crippen LogP contribution in [0.2, 0.25) is 0 Å². The minimum absolute atomic E-state index is 0.0953. The molecular formula is C36H40FN7O4. The predicted octanol–water partition coefficient (Wildman–Crippen LogP) is 4.66. The number of carbonyl (C=O) groups is 2. The molecule has 3 amide bonds. The van der Waals surface area contributed by atoms with E-state index in [2.05, 4.69) is 10.6 Å². The third-order valence-corrected chi connectivity index (χ3v) is 9.36. The zero-order valence-electron chi connectivity index (χ0n) is 27.0. The van der Waals surface area contributed by atoms with E-state index in [1.54, 1.807) is 27.8 Å². The number of benzene rings is 3. The summed E-state index contributed by atoms with van der Waals surface area (Å²) in [4.78, 5) is 49.9. The zero-order valence-corrected chi connectivity index (χ0v) is 27.0. The standard InChI is InChI=1S/C36H40FN7O4/c1-24(43(36(47)39-27-12-10-26(37)11-13-27)28-14-16-29(17-15-28)48-23-25-8-9-25)33-40-31-6-3-2-5-30(31)34(45)44(33)42-21-19-41(20-22-42)35(46)32-7-4-18-38-32/h2-3,5-6,10-17,24-25,32,38H,4,7-9,18-23H2,1H3,(H,39,47). The molecule has 1 aliphatic carbocycles. The van der Waals surface area contributed by atoms with Gasteiger partial charge in [0.05, 0.1) is 42.7 Å². The van der Waals surface area contributed by atoms with E-state index in [0.29, 0.717) is 72.6 Å². The quantitative estimate of drug-likeness (QED) is 0.271. The molecule has 0 radical (unpaired) electrons. The second-order valence-corrected chi connectivity index (χ2v) is 12.8. The molecule has 3 fully saturated rings. The second-order valence-electron chi connectivity index (χ2n) is 12.8. The molecular weight excluding hydrogens is 613 g/mol. The Kier molecular flexibility index (Phi) is 8.98. The number of anilines is 2. The maximum absolute atomic E-state index is 14.2. The minimum atomic E-state index is -0.733. The summed E-state index contributed by atoms with van der Waals surface area (Å²) in [6.45, 7) is 5.10. The van der Waals surface area contributed by atoms with Gasteiger partial charge in [0.2, 0.25) is 5.91 Å². The van der Waals surface area contributed by atoms with E-state index in [9.17, 15) is 18.8 Å². The molecule has 3 aliphatic rings. The van der Waals surface area contributed by atoms with Crippen molar-refractivity contribution in [1.82, 2.24) is 19.9 Å². The monoisotopic (exact) mass is 653 g/mol. The van der Waals surface area contributed by atoms with Crippen LogP contribution < -0.4 is 30.8 Å². The van der Waals surface area contributed by atoms with Gasteiger partial charge in [0.1, 0.15) is 11.6 Å². The average molecular weight is 654 g/mol. The van der Waals surface area contributed by atoms with Gasteiger partial charge in [0.25, 0.3) is 5.56 Å². The molecule has 1 aromatic heterocycles. The van der Waals surface area contributed by atoms with Crippen molar-refractivity contribution < 1.29 is 18.7 Å². The summed E-state index contributed by atoms with van der Waals surface area (Å²) in [7, 11) is 0. The maximum atomic E-state index is 14.2. The van der Waals surface area contributed by atoms with Gasteiger partial charge < -0.3 is 25.3 Å². The Morgan fingerprint density at radius 3 is 2.42 bits per heavy atom. The Labute approximate surface area is 278 Å². The first kappa shape index (κ1) is 31.6. The van der Waals surface area contributed by atoms with Gasteiger partial charge in [-0.05, 0) is 106 Å². The number of rotatable bonds is 9. The highest BCUT2D eigenvalue weighted by atomic mass is 19.1. The summed E-state index contributed by atoms with van der Waals surface area (Å²) in [5, 5.41) is 8.55. The molecule has 2 N–H and O–H groups in total. The van der Waals surface area contributed by atoms with Crippen LogP contribution in [0.3, 0.4) is 0 Å². The number of aromatic nitrogens is 2. The minimum Gasteiger partial charge on any atom is -0.493 e. The van der Waals surface area contributed by atoms with Crippen LogP contribution in [-0.2, 0) is 4.79 Å². The van der Waals surface area contributed by atoms with Gasteiger partial charge in [-0.3, -0.25) is 14.5 Å². The van der Waals surface area contributed by atoms with E-state index in [4.69, 9.17) is 9.72 Å². The number of urea groups is 1. The van der Waals surface area contributed by atoms with Crippen LogP contribution in [0.25, 0.3) is 10.9 Å². The van der Waals surface area contributed by atoms with E-state index in [1.807, 2.05) is 47.2 Å². The molecule has 1 saturated carbocycles. The van der Waals surface area contributed by atoms with Crippen LogP contribution in [0.4, 0.5) is 20.6 Å². The van der Waals surface area contributed by atoms with Crippen LogP contribution in [0.15, 0.2) is 77.6 Å². The fourth-order valence-electron chi connectivity index (χ4n) is 6.47. The number of carbonyl (C=O) groups excluding carboxylic acids is 2. The summed E-state index contributed by atoms with van der Waals surface area (Å²) in [5.41, 5.74) is 1.26. The summed E-state index contributed by atoms with van der Waals surface area (Å²) in [6, 6.07) is 18.7. The molecule has 2 aliphatic heterocycles. The highest BCUT2D eigenvalue weighted by molar-refractivity contribution is 6.02. The number of para-hydroxylation sites is 1. The molecule has 0 bridgehead atoms. The van der Waals surface area contributed by atoms with Gasteiger partial charge in [-0.2, -0.15) is 0 Å². The van der Waals surface area contributed by atoms with E-state index in [1.165, 1.54) is 37.1 Å². The third-order valence-electron chi connectivity index (χ3n) is 9.36. The lowest BCUT2D eigenvalue weighted by Gasteiger charge is -2.39. The Hall–Kier alpha value is -4.97. The van der Waals surface area contributed by atoms with Crippen molar-refractivity contribution in [2.45, 2.75) is 44.7 Å². The molecule has 0 spiro atoms. The van der Waals surface area contributed by atoms with E-state index in [0.717, 1.165) is 19.4 Å². The first-order valence-electron chi connectivity index (χ1n) is 16.7. The number of halogens is 1. The molecule has 2 atom stereocenters. The number of amides is 3. The molecule has 11 nitrogen and oxygen atoms in total. The largest absolute Gasteiger partial charge is 0.493 e. The Balaban J connectivity index is 1.23. The molecule has 3 heterocycles. The number of nitrogens with one attached hydrogen (secondary N) is 2.